The summed E-state index contributed by atoms with van der Waals surface area (Å²) < 4.78 is 12.1. The van der Waals surface area contributed by atoms with Crippen molar-refractivity contribution in [3.8, 4) is 11.5 Å². The number of benzene rings is 1. The summed E-state index contributed by atoms with van der Waals surface area (Å²) in [6, 6.07) is 3.67. The van der Waals surface area contributed by atoms with Crippen LogP contribution in [0.2, 0.25) is 0 Å². The lowest BCUT2D eigenvalue weighted by molar-refractivity contribution is 0.170. The number of fused-ring (bicyclic) bond motifs is 1. The summed E-state index contributed by atoms with van der Waals surface area (Å²) in [5.74, 6) is 1.90. The van der Waals surface area contributed by atoms with Crippen LogP contribution in [0, 0.1) is 0 Å². The van der Waals surface area contributed by atoms with Gasteiger partial charge in [0.25, 0.3) is 0 Å². The molecule has 0 spiro atoms. The number of hydrogen-bond acceptors (Lipinski definition) is 5. The molecule has 1 atom stereocenters. The Bertz CT molecular complexity index is 657. The molecule has 0 fully saturated rings. The molecule has 2 N–H and O–H groups in total. The second kappa shape index (κ2) is 5.94. The Morgan fingerprint density at radius 3 is 2.76 bits per heavy atom. The standard InChI is InChI=1S/C15H17BrN2O2S/c1-8(2)11-7-21-15(18-11)13(17)9-5-10(16)14-12(6-9)19-3-4-20-14/h5-8,13H,3-4,17H2,1-2H3. The van der Waals surface area contributed by atoms with Crippen molar-refractivity contribution < 1.29 is 9.47 Å². The predicted molar refractivity (Wildman–Crippen MR) is 87.4 cm³/mol. The van der Waals surface area contributed by atoms with Crippen LogP contribution >= 0.6 is 27.3 Å². The molecule has 0 saturated carbocycles. The van der Waals surface area contributed by atoms with Crippen LogP contribution < -0.4 is 15.2 Å². The molecular weight excluding hydrogens is 352 g/mol. The summed E-state index contributed by atoms with van der Waals surface area (Å²) in [6.45, 7) is 5.39. The van der Waals surface area contributed by atoms with Crippen molar-refractivity contribution in [1.29, 1.82) is 0 Å². The molecule has 1 aliphatic heterocycles. The molecule has 1 aromatic carbocycles. The van der Waals surface area contributed by atoms with Gasteiger partial charge in [0.15, 0.2) is 11.5 Å². The van der Waals surface area contributed by atoms with E-state index in [1.807, 2.05) is 12.1 Å². The highest BCUT2D eigenvalue weighted by atomic mass is 79.9. The van der Waals surface area contributed by atoms with Crippen LogP contribution in [0.4, 0.5) is 0 Å². The summed E-state index contributed by atoms with van der Waals surface area (Å²) in [5.41, 5.74) is 8.42. The highest BCUT2D eigenvalue weighted by Gasteiger charge is 2.21. The van der Waals surface area contributed by atoms with E-state index < -0.39 is 0 Å². The van der Waals surface area contributed by atoms with Crippen LogP contribution in [0.5, 0.6) is 11.5 Å². The van der Waals surface area contributed by atoms with Gasteiger partial charge in [-0.15, -0.1) is 11.3 Å². The minimum Gasteiger partial charge on any atom is -0.486 e. The maximum absolute atomic E-state index is 6.36. The molecule has 112 valence electrons. The number of nitrogens with zero attached hydrogens (tertiary/aromatic N) is 1. The maximum atomic E-state index is 6.36. The van der Waals surface area contributed by atoms with E-state index in [9.17, 15) is 0 Å². The third kappa shape index (κ3) is 2.93. The lowest BCUT2D eigenvalue weighted by Gasteiger charge is -2.21. The third-order valence-electron chi connectivity index (χ3n) is 3.38. The molecule has 2 heterocycles. The lowest BCUT2D eigenvalue weighted by atomic mass is 10.1. The summed E-state index contributed by atoms with van der Waals surface area (Å²) >= 11 is 5.13. The van der Waals surface area contributed by atoms with Crippen molar-refractivity contribution in [2.75, 3.05) is 13.2 Å². The first-order valence-electron chi connectivity index (χ1n) is 6.86. The average molecular weight is 369 g/mol. The molecule has 4 nitrogen and oxygen atoms in total. The zero-order chi connectivity index (χ0) is 15.0. The molecule has 1 aliphatic rings. The summed E-state index contributed by atoms with van der Waals surface area (Å²) in [4.78, 5) is 4.63. The van der Waals surface area contributed by atoms with Crippen LogP contribution in [0.25, 0.3) is 0 Å². The number of rotatable bonds is 3. The minimum atomic E-state index is -0.255. The Balaban J connectivity index is 1.93. The molecule has 3 rings (SSSR count). The smallest absolute Gasteiger partial charge is 0.175 e. The minimum absolute atomic E-state index is 0.255. The molecule has 0 radical (unpaired) electrons. The first-order valence-corrected chi connectivity index (χ1v) is 8.53. The van der Waals surface area contributed by atoms with Gasteiger partial charge in [0.05, 0.1) is 16.2 Å². The molecule has 0 bridgehead atoms. The fourth-order valence-corrected chi connectivity index (χ4v) is 3.74. The molecule has 2 aromatic rings. The van der Waals surface area contributed by atoms with Crippen LogP contribution in [0.15, 0.2) is 22.0 Å². The third-order valence-corrected chi connectivity index (χ3v) is 4.91. The second-order valence-electron chi connectivity index (χ2n) is 5.27. The van der Waals surface area contributed by atoms with E-state index in [-0.39, 0.29) is 6.04 Å². The van der Waals surface area contributed by atoms with Crippen LogP contribution in [-0.4, -0.2) is 18.2 Å². The van der Waals surface area contributed by atoms with E-state index in [1.54, 1.807) is 11.3 Å². The zero-order valence-electron chi connectivity index (χ0n) is 11.9. The fourth-order valence-electron chi connectivity index (χ4n) is 2.16. The first-order chi connectivity index (χ1) is 10.1. The molecular formula is C15H17BrN2O2S. The zero-order valence-corrected chi connectivity index (χ0v) is 14.3. The van der Waals surface area contributed by atoms with E-state index in [2.05, 4.69) is 40.1 Å². The summed E-state index contributed by atoms with van der Waals surface area (Å²) in [5, 5.41) is 3.00. The van der Waals surface area contributed by atoms with Gasteiger partial charge in [-0.1, -0.05) is 13.8 Å². The van der Waals surface area contributed by atoms with E-state index >= 15 is 0 Å². The van der Waals surface area contributed by atoms with Gasteiger partial charge in [-0.2, -0.15) is 0 Å². The van der Waals surface area contributed by atoms with Crippen molar-refractivity contribution >= 4 is 27.3 Å². The molecule has 0 saturated heterocycles. The van der Waals surface area contributed by atoms with Gasteiger partial charge >= 0.3 is 0 Å². The largest absolute Gasteiger partial charge is 0.486 e. The van der Waals surface area contributed by atoms with E-state index in [0.29, 0.717) is 19.1 Å². The maximum Gasteiger partial charge on any atom is 0.175 e. The van der Waals surface area contributed by atoms with Crippen molar-refractivity contribution in [2.24, 2.45) is 5.73 Å². The SMILES string of the molecule is CC(C)c1csc(C(N)c2cc(Br)c3c(c2)OCCO3)n1. The van der Waals surface area contributed by atoms with Crippen molar-refractivity contribution in [2.45, 2.75) is 25.8 Å². The number of halogens is 1. The molecule has 6 heteroatoms. The topological polar surface area (TPSA) is 57.4 Å². The highest BCUT2D eigenvalue weighted by Crippen LogP contribution is 2.40. The molecule has 0 amide bonds. The number of aromatic nitrogens is 1. The van der Waals surface area contributed by atoms with E-state index in [0.717, 1.165) is 32.2 Å². The van der Waals surface area contributed by atoms with Gasteiger partial charge in [-0.25, -0.2) is 4.98 Å². The predicted octanol–water partition coefficient (Wildman–Crippen LogP) is 3.85. The summed E-state index contributed by atoms with van der Waals surface area (Å²) in [7, 11) is 0. The van der Waals surface area contributed by atoms with Crippen molar-refractivity contribution in [3.63, 3.8) is 0 Å². The van der Waals surface area contributed by atoms with Crippen molar-refractivity contribution in [1.82, 2.24) is 4.98 Å². The quantitative estimate of drug-likeness (QED) is 0.893. The molecule has 1 aromatic heterocycles. The van der Waals surface area contributed by atoms with Gasteiger partial charge in [0.1, 0.15) is 18.2 Å². The van der Waals surface area contributed by atoms with Gasteiger partial charge in [0, 0.05) is 5.38 Å². The number of hydrogen-bond donors (Lipinski definition) is 1. The normalized spacial score (nSPS) is 15.3. The van der Waals surface area contributed by atoms with Gasteiger partial charge in [0.2, 0.25) is 0 Å². The van der Waals surface area contributed by atoms with E-state index in [1.165, 1.54) is 0 Å². The second-order valence-corrected chi connectivity index (χ2v) is 7.01. The highest BCUT2D eigenvalue weighted by molar-refractivity contribution is 9.10. The first kappa shape index (κ1) is 14.8. The van der Waals surface area contributed by atoms with Gasteiger partial charge in [-0.05, 0) is 39.5 Å². The number of nitrogens with two attached hydrogens (primary N) is 1. The summed E-state index contributed by atoms with van der Waals surface area (Å²) in [6.07, 6.45) is 0. The Morgan fingerprint density at radius 1 is 1.29 bits per heavy atom. The molecule has 21 heavy (non-hydrogen) atoms. The Kier molecular flexibility index (Phi) is 4.19. The number of ether oxygens (including phenoxy) is 2. The fraction of sp³-hybridized carbons (Fsp3) is 0.400. The molecule has 0 aliphatic carbocycles. The van der Waals surface area contributed by atoms with Crippen LogP contribution in [0.3, 0.4) is 0 Å². The number of thiazole rings is 1. The van der Waals surface area contributed by atoms with Crippen LogP contribution in [-0.2, 0) is 0 Å². The van der Waals surface area contributed by atoms with E-state index in [4.69, 9.17) is 15.2 Å². The van der Waals surface area contributed by atoms with Gasteiger partial charge in [-0.3, -0.25) is 0 Å². The van der Waals surface area contributed by atoms with Crippen molar-refractivity contribution in [3.05, 3.63) is 38.3 Å². The Hall–Kier alpha value is -1.11. The lowest BCUT2D eigenvalue weighted by Crippen LogP contribution is -2.17. The van der Waals surface area contributed by atoms with Crippen LogP contribution in [0.1, 0.15) is 42.1 Å². The average Bonchev–Trinajstić information content (AvgIpc) is 2.96. The monoisotopic (exact) mass is 368 g/mol. The Labute approximate surface area is 136 Å². The molecule has 1 unspecified atom stereocenters. The Morgan fingerprint density at radius 2 is 2.05 bits per heavy atom. The van der Waals surface area contributed by atoms with Gasteiger partial charge < -0.3 is 15.2 Å².